The first kappa shape index (κ1) is 8.69. The molecule has 4 nitrogen and oxygen atoms in total. The number of rotatable bonds is 4. The average Bonchev–Trinajstić information content (AvgIpc) is 2.69. The van der Waals surface area contributed by atoms with Gasteiger partial charge >= 0.3 is 0 Å². The van der Waals surface area contributed by atoms with E-state index in [9.17, 15) is 0 Å². The second kappa shape index (κ2) is 3.10. The number of aliphatic hydroxyl groups is 1. The van der Waals surface area contributed by atoms with Crippen molar-refractivity contribution >= 4 is 0 Å². The monoisotopic (exact) mass is 182 g/mol. The summed E-state index contributed by atoms with van der Waals surface area (Å²) in [6.07, 6.45) is 3.69. The predicted molar refractivity (Wildman–Crippen MR) is 46.3 cm³/mol. The molecular weight excluding hydrogens is 168 g/mol. The fourth-order valence-electron chi connectivity index (χ4n) is 1.24. The van der Waals surface area contributed by atoms with Gasteiger partial charge in [-0.1, -0.05) is 12.1 Å². The van der Waals surface area contributed by atoms with Crippen LogP contribution in [-0.2, 0) is 11.8 Å². The summed E-state index contributed by atoms with van der Waals surface area (Å²) >= 11 is 0. The minimum absolute atomic E-state index is 0.176. The summed E-state index contributed by atoms with van der Waals surface area (Å²) in [7, 11) is 0. The minimum atomic E-state index is 0.176. The standard InChI is InChI=1S/C9H14N2O2/c1-9(4-5-9)8-10-7(13-11-8)3-2-6-12/h12H,2-6H2,1H3. The zero-order valence-electron chi connectivity index (χ0n) is 7.79. The first-order valence-electron chi connectivity index (χ1n) is 4.68. The van der Waals surface area contributed by atoms with Crippen molar-refractivity contribution in [1.29, 1.82) is 0 Å². The molecule has 0 radical (unpaired) electrons. The van der Waals surface area contributed by atoms with Gasteiger partial charge in [0.2, 0.25) is 5.89 Å². The van der Waals surface area contributed by atoms with E-state index in [4.69, 9.17) is 9.63 Å². The lowest BCUT2D eigenvalue weighted by Crippen LogP contribution is -2.02. The Morgan fingerprint density at radius 1 is 1.54 bits per heavy atom. The van der Waals surface area contributed by atoms with Crippen LogP contribution < -0.4 is 0 Å². The third-order valence-corrected chi connectivity index (χ3v) is 2.56. The van der Waals surface area contributed by atoms with Crippen LogP contribution in [0.1, 0.15) is 37.9 Å². The molecule has 0 atom stereocenters. The molecule has 0 unspecified atom stereocenters. The summed E-state index contributed by atoms with van der Waals surface area (Å²) in [6.45, 7) is 2.32. The minimum Gasteiger partial charge on any atom is -0.396 e. The van der Waals surface area contributed by atoms with Crippen molar-refractivity contribution in [1.82, 2.24) is 10.1 Å². The molecule has 1 aliphatic rings. The number of hydrogen-bond donors (Lipinski definition) is 1. The van der Waals surface area contributed by atoms with Crippen LogP contribution >= 0.6 is 0 Å². The van der Waals surface area contributed by atoms with Crippen molar-refractivity contribution in [2.24, 2.45) is 0 Å². The SMILES string of the molecule is CC1(c2noc(CCCO)n2)CC1. The van der Waals surface area contributed by atoms with Gasteiger partial charge in [0.25, 0.3) is 0 Å². The molecule has 1 heterocycles. The van der Waals surface area contributed by atoms with E-state index in [2.05, 4.69) is 17.1 Å². The van der Waals surface area contributed by atoms with Crippen LogP contribution in [-0.4, -0.2) is 21.9 Å². The number of nitrogens with zero attached hydrogens (tertiary/aromatic N) is 2. The fourth-order valence-corrected chi connectivity index (χ4v) is 1.24. The van der Waals surface area contributed by atoms with Gasteiger partial charge < -0.3 is 9.63 Å². The second-order valence-corrected chi connectivity index (χ2v) is 3.90. The highest BCUT2D eigenvalue weighted by Gasteiger charge is 2.43. The van der Waals surface area contributed by atoms with Gasteiger partial charge in [0.1, 0.15) is 0 Å². The summed E-state index contributed by atoms with van der Waals surface area (Å²) in [6, 6.07) is 0. The van der Waals surface area contributed by atoms with Crippen LogP contribution in [0.5, 0.6) is 0 Å². The Hall–Kier alpha value is -0.900. The van der Waals surface area contributed by atoms with Gasteiger partial charge in [-0.3, -0.25) is 0 Å². The molecule has 72 valence electrons. The zero-order chi connectivity index (χ0) is 9.31. The van der Waals surface area contributed by atoms with Crippen molar-refractivity contribution in [3.8, 4) is 0 Å². The van der Waals surface area contributed by atoms with E-state index >= 15 is 0 Å². The van der Waals surface area contributed by atoms with Crippen LogP contribution in [0, 0.1) is 0 Å². The normalized spacial score (nSPS) is 18.9. The number of aliphatic hydroxyl groups excluding tert-OH is 1. The molecule has 0 spiro atoms. The number of aromatic nitrogens is 2. The number of aryl methyl sites for hydroxylation is 1. The maximum Gasteiger partial charge on any atom is 0.226 e. The predicted octanol–water partition coefficient (Wildman–Crippen LogP) is 1.05. The molecule has 1 aromatic rings. The topological polar surface area (TPSA) is 59.2 Å². The van der Waals surface area contributed by atoms with Gasteiger partial charge in [-0.2, -0.15) is 4.98 Å². The molecule has 1 N–H and O–H groups in total. The highest BCUT2D eigenvalue weighted by atomic mass is 16.5. The Labute approximate surface area is 77.0 Å². The summed E-state index contributed by atoms with van der Waals surface area (Å²) in [5, 5.41) is 12.6. The molecule has 0 bridgehead atoms. The van der Waals surface area contributed by atoms with Crippen LogP contribution in [0.3, 0.4) is 0 Å². The van der Waals surface area contributed by atoms with Crippen molar-refractivity contribution in [3.63, 3.8) is 0 Å². The highest BCUT2D eigenvalue weighted by molar-refractivity contribution is 5.14. The molecule has 2 rings (SSSR count). The van der Waals surface area contributed by atoms with E-state index in [1.807, 2.05) is 0 Å². The molecule has 0 aromatic carbocycles. The van der Waals surface area contributed by atoms with Crippen molar-refractivity contribution < 1.29 is 9.63 Å². The fraction of sp³-hybridized carbons (Fsp3) is 0.778. The smallest absolute Gasteiger partial charge is 0.226 e. The zero-order valence-corrected chi connectivity index (χ0v) is 7.79. The van der Waals surface area contributed by atoms with E-state index in [-0.39, 0.29) is 12.0 Å². The Morgan fingerprint density at radius 2 is 2.31 bits per heavy atom. The molecule has 4 heteroatoms. The van der Waals surface area contributed by atoms with Crippen LogP contribution in [0.15, 0.2) is 4.52 Å². The van der Waals surface area contributed by atoms with Gasteiger partial charge in [-0.15, -0.1) is 0 Å². The second-order valence-electron chi connectivity index (χ2n) is 3.90. The van der Waals surface area contributed by atoms with Crippen molar-refractivity contribution in [2.45, 2.75) is 38.0 Å². The first-order valence-corrected chi connectivity index (χ1v) is 4.68. The Balaban J connectivity index is 2.01. The van der Waals surface area contributed by atoms with E-state index < -0.39 is 0 Å². The van der Waals surface area contributed by atoms with Crippen LogP contribution in [0.4, 0.5) is 0 Å². The Bertz CT molecular complexity index is 292. The maximum absolute atomic E-state index is 8.62. The lowest BCUT2D eigenvalue weighted by atomic mass is 10.1. The lowest BCUT2D eigenvalue weighted by molar-refractivity contribution is 0.278. The van der Waals surface area contributed by atoms with Gasteiger partial charge in [0, 0.05) is 18.4 Å². The summed E-state index contributed by atoms with van der Waals surface area (Å²) in [5.41, 5.74) is 0.182. The highest BCUT2D eigenvalue weighted by Crippen LogP contribution is 2.45. The molecular formula is C9H14N2O2. The quantitative estimate of drug-likeness (QED) is 0.756. The first-order chi connectivity index (χ1) is 6.24. The maximum atomic E-state index is 8.62. The van der Waals surface area contributed by atoms with E-state index in [1.165, 1.54) is 0 Å². The third kappa shape index (κ3) is 1.72. The van der Waals surface area contributed by atoms with Gasteiger partial charge in [0.15, 0.2) is 5.82 Å². The molecule has 0 aliphatic heterocycles. The van der Waals surface area contributed by atoms with Crippen molar-refractivity contribution in [3.05, 3.63) is 11.7 Å². The average molecular weight is 182 g/mol. The van der Waals surface area contributed by atoms with E-state index in [0.717, 1.165) is 18.7 Å². The van der Waals surface area contributed by atoms with Crippen LogP contribution in [0.25, 0.3) is 0 Å². The molecule has 1 fully saturated rings. The molecule has 0 saturated heterocycles. The third-order valence-electron chi connectivity index (χ3n) is 2.56. The Kier molecular flexibility index (Phi) is 2.07. The Morgan fingerprint density at radius 3 is 2.92 bits per heavy atom. The number of hydrogen-bond acceptors (Lipinski definition) is 4. The molecule has 13 heavy (non-hydrogen) atoms. The van der Waals surface area contributed by atoms with E-state index in [1.54, 1.807) is 0 Å². The summed E-state index contributed by atoms with van der Waals surface area (Å²) in [4.78, 5) is 4.29. The van der Waals surface area contributed by atoms with Crippen LogP contribution in [0.2, 0.25) is 0 Å². The molecule has 0 amide bonds. The molecule has 1 aliphatic carbocycles. The largest absolute Gasteiger partial charge is 0.396 e. The summed E-state index contributed by atoms with van der Waals surface area (Å²) < 4.78 is 5.06. The van der Waals surface area contributed by atoms with Gasteiger partial charge in [-0.05, 0) is 19.3 Å². The van der Waals surface area contributed by atoms with Crippen molar-refractivity contribution in [2.75, 3.05) is 6.61 Å². The summed E-state index contributed by atoms with van der Waals surface area (Å²) in [5.74, 6) is 1.48. The van der Waals surface area contributed by atoms with E-state index in [0.29, 0.717) is 18.7 Å². The van der Waals surface area contributed by atoms with Gasteiger partial charge in [0.05, 0.1) is 0 Å². The van der Waals surface area contributed by atoms with Gasteiger partial charge in [-0.25, -0.2) is 0 Å². The molecule has 1 aromatic heterocycles. The molecule has 1 saturated carbocycles. The lowest BCUT2D eigenvalue weighted by Gasteiger charge is -1.96.